The summed E-state index contributed by atoms with van der Waals surface area (Å²) < 4.78 is 12.8. The summed E-state index contributed by atoms with van der Waals surface area (Å²) in [5.74, 6) is 0.0893. The molecule has 130 valence electrons. The Balaban J connectivity index is 1.52. The number of carbonyl (C=O) groups is 1. The fourth-order valence-corrected chi connectivity index (χ4v) is 2.80. The van der Waals surface area contributed by atoms with Crippen LogP contribution in [0.3, 0.4) is 0 Å². The van der Waals surface area contributed by atoms with Gasteiger partial charge in [0.25, 0.3) is 5.91 Å². The van der Waals surface area contributed by atoms with E-state index >= 15 is 0 Å². The number of amides is 1. The van der Waals surface area contributed by atoms with Crippen LogP contribution < -0.4 is 5.43 Å². The molecule has 0 fully saturated rings. The molecule has 0 aliphatic rings. The molecule has 2 aromatic carbocycles. The van der Waals surface area contributed by atoms with E-state index in [1.54, 1.807) is 42.7 Å². The van der Waals surface area contributed by atoms with Crippen LogP contribution in [0.15, 0.2) is 77.2 Å². The molecule has 7 heteroatoms. The number of hydrogen-bond donors (Lipinski definition) is 1. The molecule has 1 heterocycles. The quantitative estimate of drug-likeness (QED) is 0.313. The molecule has 0 saturated heterocycles. The molecule has 1 N–H and O–H groups in total. The standard InChI is InChI=1S/C19H15FN4OS/c20-17-8-4-14(5-9-17)12-23-24-18(25)16-6-2-15(3-7-16)13-26-19-21-10-1-11-22-19/h1-12H,13H2,(H,24,25)/b23-12+. The first-order valence-electron chi connectivity index (χ1n) is 7.78. The maximum Gasteiger partial charge on any atom is 0.271 e. The Kier molecular flexibility index (Phi) is 6.05. The molecule has 1 amide bonds. The number of rotatable bonds is 6. The van der Waals surface area contributed by atoms with E-state index in [0.717, 1.165) is 5.56 Å². The van der Waals surface area contributed by atoms with Crippen molar-refractivity contribution in [1.29, 1.82) is 0 Å². The van der Waals surface area contributed by atoms with Gasteiger partial charge >= 0.3 is 0 Å². The number of nitrogens with one attached hydrogen (secondary N) is 1. The Labute approximate surface area is 154 Å². The van der Waals surface area contributed by atoms with Gasteiger partial charge < -0.3 is 0 Å². The monoisotopic (exact) mass is 366 g/mol. The first-order valence-corrected chi connectivity index (χ1v) is 8.77. The van der Waals surface area contributed by atoms with Crippen molar-refractivity contribution in [2.45, 2.75) is 10.9 Å². The summed E-state index contributed by atoms with van der Waals surface area (Å²) in [5, 5.41) is 4.59. The molecule has 0 bridgehead atoms. The number of hydrogen-bond acceptors (Lipinski definition) is 5. The van der Waals surface area contributed by atoms with Crippen LogP contribution >= 0.6 is 11.8 Å². The summed E-state index contributed by atoms with van der Waals surface area (Å²) in [4.78, 5) is 20.4. The highest BCUT2D eigenvalue weighted by Gasteiger charge is 2.05. The zero-order chi connectivity index (χ0) is 18.2. The topological polar surface area (TPSA) is 67.2 Å². The lowest BCUT2D eigenvalue weighted by Crippen LogP contribution is -2.17. The van der Waals surface area contributed by atoms with Crippen molar-refractivity contribution in [2.24, 2.45) is 5.10 Å². The summed E-state index contributed by atoms with van der Waals surface area (Å²) in [6.45, 7) is 0. The molecule has 0 saturated carbocycles. The lowest BCUT2D eigenvalue weighted by atomic mass is 10.1. The fraction of sp³-hybridized carbons (Fsp3) is 0.0526. The van der Waals surface area contributed by atoms with Crippen LogP contribution in [0.2, 0.25) is 0 Å². The van der Waals surface area contributed by atoms with Gasteiger partial charge in [-0.1, -0.05) is 36.0 Å². The summed E-state index contributed by atoms with van der Waals surface area (Å²) >= 11 is 1.53. The Morgan fingerprint density at radius 2 is 1.77 bits per heavy atom. The summed E-state index contributed by atoms with van der Waals surface area (Å²) in [6.07, 6.45) is 4.87. The van der Waals surface area contributed by atoms with E-state index < -0.39 is 0 Å². The summed E-state index contributed by atoms with van der Waals surface area (Å²) in [7, 11) is 0. The third kappa shape index (κ3) is 5.22. The maximum atomic E-state index is 12.8. The number of halogens is 1. The van der Waals surface area contributed by atoms with Gasteiger partial charge in [0, 0.05) is 23.7 Å². The van der Waals surface area contributed by atoms with E-state index in [0.29, 0.717) is 22.0 Å². The predicted molar refractivity (Wildman–Crippen MR) is 99.5 cm³/mol. The number of thioether (sulfide) groups is 1. The highest BCUT2D eigenvalue weighted by atomic mass is 32.2. The van der Waals surface area contributed by atoms with Crippen molar-refractivity contribution in [1.82, 2.24) is 15.4 Å². The van der Waals surface area contributed by atoms with Crippen molar-refractivity contribution in [3.8, 4) is 0 Å². The van der Waals surface area contributed by atoms with Crippen LogP contribution in [0.1, 0.15) is 21.5 Å². The maximum absolute atomic E-state index is 12.8. The van der Waals surface area contributed by atoms with Gasteiger partial charge in [0.1, 0.15) is 5.82 Å². The Bertz CT molecular complexity index is 884. The van der Waals surface area contributed by atoms with Gasteiger partial charge in [-0.3, -0.25) is 4.79 Å². The molecule has 0 radical (unpaired) electrons. The molecule has 5 nitrogen and oxygen atoms in total. The summed E-state index contributed by atoms with van der Waals surface area (Å²) in [6, 6.07) is 14.8. The normalized spacial score (nSPS) is 10.8. The van der Waals surface area contributed by atoms with Gasteiger partial charge in [-0.2, -0.15) is 5.10 Å². The molecule has 1 aromatic heterocycles. The molecule has 0 aliphatic heterocycles. The van der Waals surface area contributed by atoms with Crippen molar-refractivity contribution in [2.75, 3.05) is 0 Å². The number of nitrogens with zero attached hydrogens (tertiary/aromatic N) is 3. The Morgan fingerprint density at radius 1 is 1.08 bits per heavy atom. The predicted octanol–water partition coefficient (Wildman–Crippen LogP) is 3.67. The van der Waals surface area contributed by atoms with Crippen LogP contribution in [-0.4, -0.2) is 22.1 Å². The van der Waals surface area contributed by atoms with Crippen LogP contribution in [0.25, 0.3) is 0 Å². The van der Waals surface area contributed by atoms with Crippen molar-refractivity contribution in [3.05, 3.63) is 89.5 Å². The molecular weight excluding hydrogens is 351 g/mol. The molecule has 0 aliphatic carbocycles. The van der Waals surface area contributed by atoms with Gasteiger partial charge in [-0.25, -0.2) is 19.8 Å². The zero-order valence-electron chi connectivity index (χ0n) is 13.7. The first-order chi connectivity index (χ1) is 12.7. The second-order valence-electron chi connectivity index (χ2n) is 5.27. The lowest BCUT2D eigenvalue weighted by Gasteiger charge is -2.03. The zero-order valence-corrected chi connectivity index (χ0v) is 14.5. The number of hydrazone groups is 1. The largest absolute Gasteiger partial charge is 0.271 e. The second kappa shape index (κ2) is 8.87. The van der Waals surface area contributed by atoms with Crippen molar-refractivity contribution < 1.29 is 9.18 Å². The van der Waals surface area contributed by atoms with Crippen LogP contribution in [0.5, 0.6) is 0 Å². The molecule has 0 unspecified atom stereocenters. The van der Waals surface area contributed by atoms with Gasteiger partial charge in [0.05, 0.1) is 6.21 Å². The minimum absolute atomic E-state index is 0.311. The van der Waals surface area contributed by atoms with Crippen LogP contribution in [-0.2, 0) is 5.75 Å². The van der Waals surface area contributed by atoms with E-state index in [4.69, 9.17) is 0 Å². The van der Waals surface area contributed by atoms with Crippen LogP contribution in [0, 0.1) is 5.82 Å². The molecule has 0 spiro atoms. The molecule has 3 aromatic rings. The highest BCUT2D eigenvalue weighted by molar-refractivity contribution is 7.98. The highest BCUT2D eigenvalue weighted by Crippen LogP contribution is 2.18. The SMILES string of the molecule is O=C(N/N=C/c1ccc(F)cc1)c1ccc(CSc2ncccn2)cc1. The average molecular weight is 366 g/mol. The van der Waals surface area contributed by atoms with Gasteiger partial charge in [0.2, 0.25) is 0 Å². The number of benzene rings is 2. The van der Waals surface area contributed by atoms with Crippen molar-refractivity contribution in [3.63, 3.8) is 0 Å². The molecular formula is C19H15FN4OS. The molecule has 3 rings (SSSR count). The minimum atomic E-state index is -0.316. The first kappa shape index (κ1) is 17.8. The average Bonchev–Trinajstić information content (AvgIpc) is 2.69. The second-order valence-corrected chi connectivity index (χ2v) is 6.21. The van der Waals surface area contributed by atoms with Crippen molar-refractivity contribution >= 4 is 23.9 Å². The van der Waals surface area contributed by atoms with E-state index in [1.165, 1.54) is 30.1 Å². The smallest absolute Gasteiger partial charge is 0.267 e. The third-order valence-electron chi connectivity index (χ3n) is 3.38. The number of carbonyl (C=O) groups excluding carboxylic acids is 1. The van der Waals surface area contributed by atoms with E-state index in [2.05, 4.69) is 20.5 Å². The van der Waals surface area contributed by atoms with E-state index in [1.807, 2.05) is 12.1 Å². The fourth-order valence-electron chi connectivity index (χ4n) is 2.04. The lowest BCUT2D eigenvalue weighted by molar-refractivity contribution is 0.0955. The Hall–Kier alpha value is -3.06. The Morgan fingerprint density at radius 3 is 2.46 bits per heavy atom. The molecule has 0 atom stereocenters. The van der Waals surface area contributed by atoms with E-state index in [-0.39, 0.29) is 11.7 Å². The van der Waals surface area contributed by atoms with E-state index in [9.17, 15) is 9.18 Å². The van der Waals surface area contributed by atoms with Gasteiger partial charge in [-0.15, -0.1) is 0 Å². The van der Waals surface area contributed by atoms with Crippen LogP contribution in [0.4, 0.5) is 4.39 Å². The molecule has 26 heavy (non-hydrogen) atoms. The summed E-state index contributed by atoms with van der Waals surface area (Å²) in [5.41, 5.74) is 4.72. The number of aromatic nitrogens is 2. The third-order valence-corrected chi connectivity index (χ3v) is 4.32. The minimum Gasteiger partial charge on any atom is -0.267 e. The van der Waals surface area contributed by atoms with Gasteiger partial charge in [-0.05, 0) is 41.5 Å². The van der Waals surface area contributed by atoms with Gasteiger partial charge in [0.15, 0.2) is 5.16 Å².